The Morgan fingerprint density at radius 3 is 2.34 bits per heavy atom. The second kappa shape index (κ2) is 11.8. The Kier molecular flexibility index (Phi) is 9.74. The van der Waals surface area contributed by atoms with E-state index in [2.05, 4.69) is 24.4 Å². The first-order chi connectivity index (χ1) is 17.4. The van der Waals surface area contributed by atoms with Gasteiger partial charge >= 0.3 is 0 Å². The molecule has 1 unspecified atom stereocenters. The summed E-state index contributed by atoms with van der Waals surface area (Å²) in [6, 6.07) is 5.16. The number of nitrogens with one attached hydrogen (secondary N) is 1. The number of halogens is 3. The summed E-state index contributed by atoms with van der Waals surface area (Å²) in [7, 11) is -1.36. The molecule has 6 nitrogen and oxygen atoms in total. The van der Waals surface area contributed by atoms with Crippen molar-refractivity contribution < 1.29 is 22.5 Å². The molecular formula is C27H45F3N4O2SSi. The number of rotatable bonds is 13. The minimum Gasteiger partial charge on any atom is -0.598 e. The molecule has 216 valence electrons. The first kappa shape index (κ1) is 31.4. The molecule has 38 heavy (non-hydrogen) atoms. The van der Waals surface area contributed by atoms with Gasteiger partial charge in [0, 0.05) is 32.1 Å². The lowest BCUT2D eigenvalue weighted by atomic mass is 9.84. The minimum absolute atomic E-state index is 0.0700. The summed E-state index contributed by atoms with van der Waals surface area (Å²) in [5, 5.41) is 0. The fraction of sp³-hybridized carbons (Fsp3) is 0.741. The van der Waals surface area contributed by atoms with E-state index >= 15 is 4.39 Å². The van der Waals surface area contributed by atoms with E-state index in [4.69, 9.17) is 15.5 Å². The molecular weight excluding hydrogens is 529 g/mol. The molecule has 0 aliphatic heterocycles. The summed E-state index contributed by atoms with van der Waals surface area (Å²) in [4.78, 5) is 4.70. The second-order valence-electron chi connectivity index (χ2n) is 13.4. The highest BCUT2D eigenvalue weighted by molar-refractivity contribution is 7.90. The fourth-order valence-corrected chi connectivity index (χ4v) is 5.65. The van der Waals surface area contributed by atoms with Gasteiger partial charge in [0.1, 0.15) is 29.5 Å². The Morgan fingerprint density at radius 1 is 1.18 bits per heavy atom. The van der Waals surface area contributed by atoms with E-state index in [1.165, 1.54) is 13.8 Å². The van der Waals surface area contributed by atoms with Crippen molar-refractivity contribution in [2.45, 2.75) is 109 Å². The smallest absolute Gasteiger partial charge is 0.246 e. The molecule has 0 spiro atoms. The van der Waals surface area contributed by atoms with Gasteiger partial charge in [0.2, 0.25) is 6.43 Å². The van der Waals surface area contributed by atoms with Crippen LogP contribution in [0.1, 0.15) is 70.9 Å². The van der Waals surface area contributed by atoms with Crippen LogP contribution in [0.2, 0.25) is 25.7 Å². The van der Waals surface area contributed by atoms with Crippen molar-refractivity contribution in [3.63, 3.8) is 0 Å². The predicted molar refractivity (Wildman–Crippen MR) is 152 cm³/mol. The van der Waals surface area contributed by atoms with E-state index < -0.39 is 48.2 Å². The molecule has 1 aromatic carbocycles. The van der Waals surface area contributed by atoms with Crippen molar-refractivity contribution in [2.75, 3.05) is 6.61 Å². The van der Waals surface area contributed by atoms with Crippen LogP contribution in [0.4, 0.5) is 13.2 Å². The van der Waals surface area contributed by atoms with Gasteiger partial charge in [0.25, 0.3) is 0 Å². The Labute approximate surface area is 229 Å². The molecule has 0 radical (unpaired) electrons. The quantitative estimate of drug-likeness (QED) is 0.162. The second-order valence-corrected chi connectivity index (χ2v) is 21.0. The molecule has 1 aliphatic carbocycles. The van der Waals surface area contributed by atoms with Gasteiger partial charge in [0.05, 0.1) is 16.4 Å². The lowest BCUT2D eigenvalue weighted by molar-refractivity contribution is -0.0462. The van der Waals surface area contributed by atoms with Crippen LogP contribution in [0.5, 0.6) is 0 Å². The van der Waals surface area contributed by atoms with Crippen LogP contribution in [-0.2, 0) is 22.8 Å². The van der Waals surface area contributed by atoms with Gasteiger partial charge in [-0.3, -0.25) is 0 Å². The number of fused-ring (bicyclic) bond motifs is 1. The first-order valence-corrected chi connectivity index (χ1v) is 18.2. The molecule has 1 aliphatic rings. The van der Waals surface area contributed by atoms with Crippen molar-refractivity contribution in [1.82, 2.24) is 14.3 Å². The van der Waals surface area contributed by atoms with Crippen LogP contribution < -0.4 is 10.5 Å². The number of aromatic nitrogens is 2. The van der Waals surface area contributed by atoms with Gasteiger partial charge in [-0.2, -0.15) is 0 Å². The van der Waals surface area contributed by atoms with Gasteiger partial charge < -0.3 is 19.6 Å². The monoisotopic (exact) mass is 574 g/mol. The number of benzene rings is 1. The van der Waals surface area contributed by atoms with Crippen molar-refractivity contribution in [1.29, 1.82) is 0 Å². The highest BCUT2D eigenvalue weighted by Crippen LogP contribution is 2.42. The van der Waals surface area contributed by atoms with E-state index in [0.29, 0.717) is 23.6 Å². The highest BCUT2D eigenvalue weighted by Gasteiger charge is 2.48. The van der Waals surface area contributed by atoms with Crippen LogP contribution in [0.15, 0.2) is 18.2 Å². The van der Waals surface area contributed by atoms with Gasteiger partial charge in [-0.25, -0.2) is 18.2 Å². The average molecular weight is 575 g/mol. The SMILES string of the molecule is CC(C)(C(F)F)C(F)[C@@H](N[S@+]([O-])C(C)(C)C)c1nc2ccc([C@H](N)C3CC3)cc2n1COCC[Si](C)(C)C. The molecule has 0 bridgehead atoms. The highest BCUT2D eigenvalue weighted by atomic mass is 32.2. The van der Waals surface area contributed by atoms with Crippen molar-refractivity contribution in [3.05, 3.63) is 29.6 Å². The van der Waals surface area contributed by atoms with Crippen LogP contribution in [0.25, 0.3) is 11.0 Å². The predicted octanol–water partition coefficient (Wildman–Crippen LogP) is 6.48. The summed E-state index contributed by atoms with van der Waals surface area (Å²) in [6.45, 7) is 14.9. The number of alkyl halides is 3. The first-order valence-electron chi connectivity index (χ1n) is 13.4. The number of nitrogens with two attached hydrogens (primary N) is 1. The van der Waals surface area contributed by atoms with Gasteiger partial charge in [-0.05, 0) is 63.3 Å². The largest absolute Gasteiger partial charge is 0.598 e. The van der Waals surface area contributed by atoms with Crippen LogP contribution in [-0.4, -0.2) is 46.1 Å². The molecule has 1 fully saturated rings. The topological polar surface area (TPSA) is 88.2 Å². The Balaban J connectivity index is 2.10. The number of nitrogens with zero attached hydrogens (tertiary/aromatic N) is 2. The Morgan fingerprint density at radius 2 is 1.82 bits per heavy atom. The number of ether oxygens (including phenoxy) is 1. The zero-order chi connectivity index (χ0) is 28.6. The van der Waals surface area contributed by atoms with Crippen molar-refractivity contribution >= 4 is 30.5 Å². The zero-order valence-electron chi connectivity index (χ0n) is 24.0. The lowest BCUT2D eigenvalue weighted by Gasteiger charge is -2.35. The van der Waals surface area contributed by atoms with E-state index in [1.54, 1.807) is 25.3 Å². The molecule has 3 rings (SSSR count). The molecule has 3 N–H and O–H groups in total. The lowest BCUT2D eigenvalue weighted by Crippen LogP contribution is -2.49. The maximum Gasteiger partial charge on any atom is 0.246 e. The molecule has 0 amide bonds. The Bertz CT molecular complexity index is 1080. The number of hydrogen-bond acceptors (Lipinski definition) is 5. The van der Waals surface area contributed by atoms with Gasteiger partial charge in [-0.15, -0.1) is 4.72 Å². The standard InChI is InChI=1S/C27H45F3N4O2SSi/c1-26(2,3)37(35)33-22(23(28)27(4,5)25(29)30)24-32-19-12-11-18(21(31)17-9-10-17)15-20(19)34(24)16-36-13-14-38(6,7)8/h11-12,15,17,21-23,25,33H,9-10,13-14,16,31H2,1-8H3/t21-,22-,23?,37-/m1/s1. The molecule has 1 saturated carbocycles. The minimum atomic E-state index is -2.93. The molecule has 4 atom stereocenters. The summed E-state index contributed by atoms with van der Waals surface area (Å²) in [5.74, 6) is 0.617. The van der Waals surface area contributed by atoms with E-state index in [9.17, 15) is 13.3 Å². The number of imidazole rings is 1. The van der Waals surface area contributed by atoms with Crippen LogP contribution >= 0.6 is 0 Å². The summed E-state index contributed by atoms with van der Waals surface area (Å²) >= 11 is -1.74. The van der Waals surface area contributed by atoms with Gasteiger partial charge in [0.15, 0.2) is 0 Å². The third-order valence-electron chi connectivity index (χ3n) is 7.17. The van der Waals surface area contributed by atoms with Crippen LogP contribution in [0.3, 0.4) is 0 Å². The van der Waals surface area contributed by atoms with Gasteiger partial charge in [-0.1, -0.05) is 39.6 Å². The maximum absolute atomic E-state index is 16.1. The Hall–Kier alpha value is -1.11. The van der Waals surface area contributed by atoms with E-state index in [1.807, 2.05) is 18.2 Å². The van der Waals surface area contributed by atoms with Crippen molar-refractivity contribution in [2.24, 2.45) is 17.1 Å². The zero-order valence-corrected chi connectivity index (χ0v) is 25.8. The van der Waals surface area contributed by atoms with Crippen molar-refractivity contribution in [3.8, 4) is 0 Å². The fourth-order valence-electron chi connectivity index (χ4n) is 4.09. The average Bonchev–Trinajstić information content (AvgIpc) is 3.59. The van der Waals surface area contributed by atoms with E-state index in [0.717, 1.165) is 24.4 Å². The van der Waals surface area contributed by atoms with Crippen LogP contribution in [0, 0.1) is 11.3 Å². The molecule has 1 heterocycles. The molecule has 0 saturated heterocycles. The molecule has 1 aromatic heterocycles. The molecule has 2 aromatic rings. The van der Waals surface area contributed by atoms with E-state index in [-0.39, 0.29) is 18.6 Å². The summed E-state index contributed by atoms with van der Waals surface area (Å²) < 4.78 is 67.1. The maximum atomic E-state index is 16.1. The third-order valence-corrected chi connectivity index (χ3v) is 10.5. The summed E-state index contributed by atoms with van der Waals surface area (Å²) in [5.41, 5.74) is 6.68. The normalized spacial score (nSPS) is 18.7. The molecule has 11 heteroatoms. The summed E-state index contributed by atoms with van der Waals surface area (Å²) in [6.07, 6.45) is -2.85. The number of hydrogen-bond donors (Lipinski definition) is 2. The third kappa shape index (κ3) is 7.54.